The van der Waals surface area contributed by atoms with Crippen LogP contribution in [0.25, 0.3) is 0 Å². The molecule has 1 fully saturated rings. The molecule has 4 nitrogen and oxygen atoms in total. The van der Waals surface area contributed by atoms with Crippen LogP contribution in [0.3, 0.4) is 0 Å². The Balaban J connectivity index is 2.05. The Morgan fingerprint density at radius 2 is 1.95 bits per heavy atom. The van der Waals surface area contributed by atoms with Crippen LogP contribution in [0.2, 0.25) is 0 Å². The molecule has 2 unspecified atom stereocenters. The molecule has 1 aliphatic rings. The minimum Gasteiger partial charge on any atom is -0.267 e. The van der Waals surface area contributed by atoms with Crippen molar-refractivity contribution in [2.24, 2.45) is 0 Å². The monoisotopic (exact) mass is 328 g/mol. The lowest BCUT2D eigenvalue weighted by molar-refractivity contribution is 0.0425. The Morgan fingerprint density at radius 1 is 1.32 bits per heavy atom. The van der Waals surface area contributed by atoms with E-state index in [1.165, 1.54) is 25.0 Å². The Labute approximate surface area is 124 Å². The molecule has 0 aromatic carbocycles. The third kappa shape index (κ3) is 3.20. The van der Waals surface area contributed by atoms with Gasteiger partial charge < -0.3 is 0 Å². The lowest BCUT2D eigenvalue weighted by Gasteiger charge is -2.39. The van der Waals surface area contributed by atoms with Crippen molar-refractivity contribution in [2.45, 2.75) is 72.1 Å². The molecule has 1 N–H and O–H groups in total. The van der Waals surface area contributed by atoms with Crippen LogP contribution in [0.4, 0.5) is 0 Å². The topological polar surface area (TPSA) is 33.1 Å². The fraction of sp³-hybridized carbons (Fsp3) is 0.786. The molecule has 2 heterocycles. The summed E-state index contributed by atoms with van der Waals surface area (Å²) in [5, 5.41) is 6.96. The predicted octanol–water partition coefficient (Wildman–Crippen LogP) is 3.24. The maximum Gasteiger partial charge on any atom is 0.0739 e. The maximum absolute atomic E-state index is 4.54. The van der Waals surface area contributed by atoms with Crippen LogP contribution < -0.4 is 5.43 Å². The number of hydrazine groups is 1. The summed E-state index contributed by atoms with van der Waals surface area (Å²) in [7, 11) is 0. The highest BCUT2D eigenvalue weighted by molar-refractivity contribution is 9.10. The zero-order valence-corrected chi connectivity index (χ0v) is 14.0. The van der Waals surface area contributed by atoms with Gasteiger partial charge in [0.25, 0.3) is 0 Å². The summed E-state index contributed by atoms with van der Waals surface area (Å²) in [5.74, 6) is 0. The van der Waals surface area contributed by atoms with Crippen molar-refractivity contribution in [3.63, 3.8) is 0 Å². The van der Waals surface area contributed by atoms with Crippen LogP contribution in [0.1, 0.15) is 51.4 Å². The van der Waals surface area contributed by atoms with E-state index >= 15 is 0 Å². The lowest BCUT2D eigenvalue weighted by Crippen LogP contribution is -2.51. The van der Waals surface area contributed by atoms with Crippen LogP contribution in [-0.4, -0.2) is 26.9 Å². The number of nitrogens with one attached hydrogen (secondary N) is 1. The molecule has 1 aromatic rings. The van der Waals surface area contributed by atoms with Crippen LogP contribution in [-0.2, 0) is 13.1 Å². The van der Waals surface area contributed by atoms with E-state index in [1.807, 2.05) is 6.92 Å². The van der Waals surface area contributed by atoms with Gasteiger partial charge in [0.05, 0.1) is 22.4 Å². The van der Waals surface area contributed by atoms with E-state index in [1.54, 1.807) is 0 Å². The summed E-state index contributed by atoms with van der Waals surface area (Å²) in [5.41, 5.74) is 5.92. The Kier molecular flexibility index (Phi) is 5.03. The molecule has 2 rings (SSSR count). The van der Waals surface area contributed by atoms with Crippen molar-refractivity contribution >= 4 is 15.9 Å². The number of aryl methyl sites for hydroxylation is 2. The number of aromatic nitrogens is 2. The molecule has 0 bridgehead atoms. The van der Waals surface area contributed by atoms with Crippen molar-refractivity contribution in [2.75, 3.05) is 0 Å². The van der Waals surface area contributed by atoms with E-state index in [4.69, 9.17) is 0 Å². The Morgan fingerprint density at radius 3 is 2.53 bits per heavy atom. The Hall–Kier alpha value is -0.390. The third-order valence-corrected chi connectivity index (χ3v) is 5.11. The molecule has 1 saturated heterocycles. The van der Waals surface area contributed by atoms with E-state index in [0.29, 0.717) is 12.1 Å². The van der Waals surface area contributed by atoms with Crippen LogP contribution >= 0.6 is 15.9 Å². The average molecular weight is 329 g/mol. The van der Waals surface area contributed by atoms with E-state index in [0.717, 1.165) is 23.3 Å². The van der Waals surface area contributed by atoms with E-state index in [9.17, 15) is 0 Å². The van der Waals surface area contributed by atoms with Gasteiger partial charge in [-0.05, 0) is 56.5 Å². The second-order valence-electron chi connectivity index (χ2n) is 5.53. The van der Waals surface area contributed by atoms with E-state index in [-0.39, 0.29) is 0 Å². The number of hydrogen-bond donors (Lipinski definition) is 1. The molecule has 1 aromatic heterocycles. The average Bonchev–Trinajstić information content (AvgIpc) is 2.65. The van der Waals surface area contributed by atoms with E-state index < -0.39 is 0 Å². The number of rotatable bonds is 4. The zero-order valence-electron chi connectivity index (χ0n) is 12.4. The molecule has 0 spiro atoms. The van der Waals surface area contributed by atoms with Crippen molar-refractivity contribution < 1.29 is 0 Å². The van der Waals surface area contributed by atoms with Gasteiger partial charge in [0.2, 0.25) is 0 Å². The normalized spacial score (nSPS) is 24.9. The standard InChI is InChI=1S/C14H25BrN4/c1-5-18-13(14(15)12(4)17-18)9-16-19-10(2)7-6-8-11(19)3/h10-11,16H,5-9H2,1-4H3. The molecular weight excluding hydrogens is 304 g/mol. The second kappa shape index (κ2) is 6.37. The molecule has 108 valence electrons. The van der Waals surface area contributed by atoms with Crippen LogP contribution in [0, 0.1) is 6.92 Å². The highest BCUT2D eigenvalue weighted by Gasteiger charge is 2.25. The molecule has 2 atom stereocenters. The largest absolute Gasteiger partial charge is 0.267 e. The van der Waals surface area contributed by atoms with Gasteiger partial charge in [0, 0.05) is 18.6 Å². The quantitative estimate of drug-likeness (QED) is 0.921. The molecule has 0 amide bonds. The zero-order chi connectivity index (χ0) is 14.0. The first-order valence-electron chi connectivity index (χ1n) is 7.28. The SMILES string of the molecule is CCn1nc(C)c(Br)c1CNN1C(C)CCCC1C. The first-order valence-corrected chi connectivity index (χ1v) is 8.07. The smallest absolute Gasteiger partial charge is 0.0739 e. The highest BCUT2D eigenvalue weighted by atomic mass is 79.9. The fourth-order valence-electron chi connectivity index (χ4n) is 2.94. The third-order valence-electron chi connectivity index (χ3n) is 4.08. The summed E-state index contributed by atoms with van der Waals surface area (Å²) in [6, 6.07) is 1.23. The summed E-state index contributed by atoms with van der Waals surface area (Å²) < 4.78 is 3.21. The van der Waals surface area contributed by atoms with Crippen molar-refractivity contribution in [3.05, 3.63) is 15.9 Å². The number of nitrogens with zero attached hydrogens (tertiary/aromatic N) is 3. The number of piperidine rings is 1. The van der Waals surface area contributed by atoms with Crippen molar-refractivity contribution in [1.82, 2.24) is 20.2 Å². The molecule has 19 heavy (non-hydrogen) atoms. The highest BCUT2D eigenvalue weighted by Crippen LogP contribution is 2.23. The summed E-state index contributed by atoms with van der Waals surface area (Å²) in [6.07, 6.45) is 3.91. The van der Waals surface area contributed by atoms with Gasteiger partial charge in [-0.3, -0.25) is 4.68 Å². The molecule has 1 aliphatic heterocycles. The lowest BCUT2D eigenvalue weighted by atomic mass is 10.00. The van der Waals surface area contributed by atoms with Gasteiger partial charge in [-0.25, -0.2) is 10.4 Å². The Bertz CT molecular complexity index is 419. The van der Waals surface area contributed by atoms with Crippen molar-refractivity contribution in [3.8, 4) is 0 Å². The summed E-state index contributed by atoms with van der Waals surface area (Å²) >= 11 is 3.66. The summed E-state index contributed by atoms with van der Waals surface area (Å²) in [6.45, 7) is 10.5. The maximum atomic E-state index is 4.54. The fourth-order valence-corrected chi connectivity index (χ4v) is 3.36. The first kappa shape index (κ1) is 15.0. The minimum absolute atomic E-state index is 0.613. The molecular formula is C14H25BrN4. The van der Waals surface area contributed by atoms with Gasteiger partial charge in [-0.15, -0.1) is 0 Å². The predicted molar refractivity (Wildman–Crippen MR) is 81.8 cm³/mol. The van der Waals surface area contributed by atoms with Gasteiger partial charge in [0.1, 0.15) is 0 Å². The molecule has 0 saturated carbocycles. The summed E-state index contributed by atoms with van der Waals surface area (Å²) in [4.78, 5) is 0. The minimum atomic E-state index is 0.613. The molecule has 0 radical (unpaired) electrons. The van der Waals surface area contributed by atoms with Crippen LogP contribution in [0.5, 0.6) is 0 Å². The first-order chi connectivity index (χ1) is 9.04. The number of halogens is 1. The molecule has 0 aliphatic carbocycles. The molecule has 5 heteroatoms. The van der Waals surface area contributed by atoms with E-state index in [2.05, 4.69) is 56.9 Å². The second-order valence-corrected chi connectivity index (χ2v) is 6.33. The van der Waals surface area contributed by atoms with Gasteiger partial charge in [0.15, 0.2) is 0 Å². The van der Waals surface area contributed by atoms with Crippen molar-refractivity contribution in [1.29, 1.82) is 0 Å². The number of hydrogen-bond acceptors (Lipinski definition) is 3. The van der Waals surface area contributed by atoms with Crippen LogP contribution in [0.15, 0.2) is 4.47 Å². The van der Waals surface area contributed by atoms with Gasteiger partial charge in [-0.1, -0.05) is 6.42 Å². The van der Waals surface area contributed by atoms with Gasteiger partial charge >= 0.3 is 0 Å². The van der Waals surface area contributed by atoms with Gasteiger partial charge in [-0.2, -0.15) is 5.10 Å².